The molecule has 1 heterocycles. The summed E-state index contributed by atoms with van der Waals surface area (Å²) in [6.45, 7) is 2.24. The first-order valence-corrected chi connectivity index (χ1v) is 8.48. The Hall–Kier alpha value is -1.26. The molecule has 0 spiro atoms. The molecule has 0 saturated heterocycles. The summed E-state index contributed by atoms with van der Waals surface area (Å²) >= 11 is 7.86. The molecular weight excluding hydrogens is 306 g/mol. The molecule has 2 aromatic rings. The molecule has 0 unspecified atom stereocenters. The molecular formula is C16H16ClNO2S. The van der Waals surface area contributed by atoms with Crippen LogP contribution in [0, 0.1) is 11.8 Å². The van der Waals surface area contributed by atoms with Gasteiger partial charge in [-0.3, -0.25) is 4.79 Å². The van der Waals surface area contributed by atoms with Crippen molar-refractivity contribution in [2.75, 3.05) is 6.26 Å². The van der Waals surface area contributed by atoms with Crippen molar-refractivity contribution in [2.45, 2.75) is 24.8 Å². The molecule has 1 aromatic heterocycles. The number of carbonyl (C=O) groups is 1. The van der Waals surface area contributed by atoms with E-state index >= 15 is 0 Å². The van der Waals surface area contributed by atoms with E-state index in [4.69, 9.17) is 16.3 Å². The Labute approximate surface area is 133 Å². The molecule has 110 valence electrons. The van der Waals surface area contributed by atoms with Crippen LogP contribution < -0.4 is 0 Å². The zero-order chi connectivity index (χ0) is 15.0. The predicted octanol–water partition coefficient (Wildman–Crippen LogP) is 4.31. The molecule has 1 fully saturated rings. The first kappa shape index (κ1) is 14.7. The van der Waals surface area contributed by atoms with Crippen LogP contribution in [0.2, 0.25) is 5.15 Å². The van der Waals surface area contributed by atoms with Crippen molar-refractivity contribution in [1.29, 1.82) is 0 Å². The van der Waals surface area contributed by atoms with Crippen molar-refractivity contribution in [3.63, 3.8) is 0 Å². The van der Waals surface area contributed by atoms with Gasteiger partial charge in [-0.2, -0.15) is 0 Å². The standard InChI is InChI=1S/C16H16ClNO2S/c1-9-5-13(9)16(19)20-8-11-6-10-3-4-12(21-2)7-14(10)18-15(11)17/h3-4,6-7,9,13H,5,8H2,1-2H3/t9-,13-/m1/s1. The number of fused-ring (bicyclic) bond motifs is 1. The normalized spacial score (nSPS) is 20.5. The molecule has 0 bridgehead atoms. The highest BCUT2D eigenvalue weighted by atomic mass is 35.5. The van der Waals surface area contributed by atoms with Gasteiger partial charge in [0.15, 0.2) is 0 Å². The van der Waals surface area contributed by atoms with Crippen LogP contribution in [-0.2, 0) is 16.1 Å². The minimum atomic E-state index is -0.128. The summed E-state index contributed by atoms with van der Waals surface area (Å²) in [7, 11) is 0. The van der Waals surface area contributed by atoms with Gasteiger partial charge in [0.1, 0.15) is 11.8 Å². The van der Waals surface area contributed by atoms with E-state index in [1.807, 2.05) is 30.5 Å². The number of ether oxygens (including phenoxy) is 1. The average Bonchev–Trinajstić information content (AvgIpc) is 3.21. The highest BCUT2D eigenvalue weighted by Gasteiger charge is 2.40. The molecule has 2 atom stereocenters. The molecule has 21 heavy (non-hydrogen) atoms. The number of hydrogen-bond donors (Lipinski definition) is 0. The summed E-state index contributed by atoms with van der Waals surface area (Å²) in [4.78, 5) is 17.3. The van der Waals surface area contributed by atoms with Gasteiger partial charge in [0.2, 0.25) is 0 Å². The predicted molar refractivity (Wildman–Crippen MR) is 85.6 cm³/mol. The number of esters is 1. The summed E-state index contributed by atoms with van der Waals surface area (Å²) < 4.78 is 5.33. The average molecular weight is 322 g/mol. The largest absolute Gasteiger partial charge is 0.460 e. The summed E-state index contributed by atoms with van der Waals surface area (Å²) in [5.74, 6) is 0.394. The SMILES string of the molecule is CSc1ccc2cc(COC(=O)[C@@H]3C[C@H]3C)c(Cl)nc2c1. The van der Waals surface area contributed by atoms with Crippen LogP contribution in [0.25, 0.3) is 10.9 Å². The molecule has 0 amide bonds. The minimum Gasteiger partial charge on any atom is -0.460 e. The van der Waals surface area contributed by atoms with E-state index in [1.54, 1.807) is 11.8 Å². The van der Waals surface area contributed by atoms with Crippen LogP contribution in [0.1, 0.15) is 18.9 Å². The molecule has 3 rings (SSSR count). The maximum Gasteiger partial charge on any atom is 0.309 e. The fourth-order valence-electron chi connectivity index (χ4n) is 2.30. The maximum atomic E-state index is 11.8. The number of halogens is 1. The van der Waals surface area contributed by atoms with E-state index in [9.17, 15) is 4.79 Å². The lowest BCUT2D eigenvalue weighted by atomic mass is 10.1. The van der Waals surface area contributed by atoms with Crippen LogP contribution >= 0.6 is 23.4 Å². The topological polar surface area (TPSA) is 39.2 Å². The molecule has 5 heteroatoms. The Bertz CT molecular complexity index is 704. The Morgan fingerprint density at radius 2 is 2.24 bits per heavy atom. The second-order valence-electron chi connectivity index (χ2n) is 5.42. The van der Waals surface area contributed by atoms with Gasteiger partial charge in [-0.05, 0) is 36.8 Å². The first-order valence-electron chi connectivity index (χ1n) is 6.88. The third-order valence-corrected chi connectivity index (χ3v) is 4.89. The zero-order valence-electron chi connectivity index (χ0n) is 11.9. The Balaban J connectivity index is 1.79. The van der Waals surface area contributed by atoms with Crippen LogP contribution in [0.15, 0.2) is 29.2 Å². The Morgan fingerprint density at radius 1 is 1.48 bits per heavy atom. The number of rotatable bonds is 4. The lowest BCUT2D eigenvalue weighted by Crippen LogP contribution is -2.08. The fraction of sp³-hybridized carbons (Fsp3) is 0.375. The Kier molecular flexibility index (Phi) is 4.09. The summed E-state index contributed by atoms with van der Waals surface area (Å²) in [5, 5.41) is 1.40. The van der Waals surface area contributed by atoms with Gasteiger partial charge >= 0.3 is 5.97 Å². The second-order valence-corrected chi connectivity index (χ2v) is 6.66. The zero-order valence-corrected chi connectivity index (χ0v) is 13.5. The molecule has 3 nitrogen and oxygen atoms in total. The summed E-state index contributed by atoms with van der Waals surface area (Å²) in [5.41, 5.74) is 1.61. The van der Waals surface area contributed by atoms with Gasteiger partial charge < -0.3 is 4.74 Å². The fourth-order valence-corrected chi connectivity index (χ4v) is 2.94. The van der Waals surface area contributed by atoms with Gasteiger partial charge in [-0.25, -0.2) is 4.98 Å². The number of hydrogen-bond acceptors (Lipinski definition) is 4. The van der Waals surface area contributed by atoms with Gasteiger partial charge in [0.25, 0.3) is 0 Å². The highest BCUT2D eigenvalue weighted by molar-refractivity contribution is 7.98. The van der Waals surface area contributed by atoms with E-state index in [0.717, 1.165) is 27.8 Å². The summed E-state index contributed by atoms with van der Waals surface area (Å²) in [6, 6.07) is 8.01. The van der Waals surface area contributed by atoms with Gasteiger partial charge in [-0.1, -0.05) is 24.6 Å². The first-order chi connectivity index (χ1) is 10.1. The van der Waals surface area contributed by atoms with E-state index < -0.39 is 0 Å². The maximum absolute atomic E-state index is 11.8. The van der Waals surface area contributed by atoms with E-state index in [2.05, 4.69) is 11.9 Å². The monoisotopic (exact) mass is 321 g/mol. The van der Waals surface area contributed by atoms with Crippen molar-refractivity contribution < 1.29 is 9.53 Å². The van der Waals surface area contributed by atoms with E-state index in [0.29, 0.717) is 11.1 Å². The number of thioether (sulfide) groups is 1. The molecule has 1 aliphatic carbocycles. The lowest BCUT2D eigenvalue weighted by Gasteiger charge is -2.08. The van der Waals surface area contributed by atoms with Crippen molar-refractivity contribution in [2.24, 2.45) is 11.8 Å². The molecule has 1 aromatic carbocycles. The van der Waals surface area contributed by atoms with Crippen LogP contribution in [-0.4, -0.2) is 17.2 Å². The van der Waals surface area contributed by atoms with Gasteiger partial charge in [-0.15, -0.1) is 11.8 Å². The number of benzene rings is 1. The minimum absolute atomic E-state index is 0.0707. The third-order valence-electron chi connectivity index (χ3n) is 3.83. The van der Waals surface area contributed by atoms with Gasteiger partial charge in [0.05, 0.1) is 11.4 Å². The van der Waals surface area contributed by atoms with Crippen LogP contribution in [0.4, 0.5) is 0 Å². The Morgan fingerprint density at radius 3 is 2.90 bits per heavy atom. The van der Waals surface area contributed by atoms with Crippen LogP contribution in [0.5, 0.6) is 0 Å². The lowest BCUT2D eigenvalue weighted by molar-refractivity contribution is -0.146. The number of carbonyl (C=O) groups excluding carboxylic acids is 1. The number of nitrogens with zero attached hydrogens (tertiary/aromatic N) is 1. The second kappa shape index (κ2) is 5.85. The molecule has 1 aliphatic rings. The highest BCUT2D eigenvalue weighted by Crippen LogP contribution is 2.38. The molecule has 0 radical (unpaired) electrons. The quantitative estimate of drug-likeness (QED) is 0.478. The summed E-state index contributed by atoms with van der Waals surface area (Å²) in [6.07, 6.45) is 2.95. The van der Waals surface area contributed by atoms with E-state index in [1.165, 1.54) is 0 Å². The smallest absolute Gasteiger partial charge is 0.309 e. The van der Waals surface area contributed by atoms with Crippen LogP contribution in [0.3, 0.4) is 0 Å². The van der Waals surface area contributed by atoms with Crippen molar-refractivity contribution in [1.82, 2.24) is 4.98 Å². The molecule has 1 saturated carbocycles. The molecule has 0 aliphatic heterocycles. The number of aromatic nitrogens is 1. The van der Waals surface area contributed by atoms with Crippen molar-refractivity contribution in [3.05, 3.63) is 35.0 Å². The van der Waals surface area contributed by atoms with Gasteiger partial charge in [0, 0.05) is 15.8 Å². The van der Waals surface area contributed by atoms with Crippen molar-refractivity contribution >= 4 is 40.2 Å². The van der Waals surface area contributed by atoms with Crippen molar-refractivity contribution in [3.8, 4) is 0 Å². The van der Waals surface area contributed by atoms with E-state index in [-0.39, 0.29) is 18.5 Å². The number of pyridine rings is 1. The third kappa shape index (κ3) is 3.16. The molecule has 0 N–H and O–H groups in total.